The van der Waals surface area contributed by atoms with Crippen molar-refractivity contribution in [3.8, 4) is 5.75 Å². The molecule has 0 aliphatic heterocycles. The molecule has 0 radical (unpaired) electrons. The normalized spacial score (nSPS) is 16.2. The van der Waals surface area contributed by atoms with Crippen molar-refractivity contribution in [1.29, 1.82) is 0 Å². The number of carbonyl (C=O) groups is 1. The maximum atomic E-state index is 11.3. The number of nitrogens with two attached hydrogens (primary N) is 2. The van der Waals surface area contributed by atoms with E-state index in [4.69, 9.17) is 16.2 Å². The number of ether oxygens (including phenoxy) is 1. The summed E-state index contributed by atoms with van der Waals surface area (Å²) in [6.07, 6.45) is 1.07. The fourth-order valence-electron chi connectivity index (χ4n) is 1.74. The molecule has 0 saturated heterocycles. The molecule has 0 heterocycles. The van der Waals surface area contributed by atoms with E-state index in [0.717, 1.165) is 6.26 Å². The van der Waals surface area contributed by atoms with Gasteiger partial charge in [-0.05, 0) is 38.1 Å². The van der Waals surface area contributed by atoms with Gasteiger partial charge in [0.25, 0.3) is 0 Å². The standard InChI is InChI=1S/C13H20N2O4S/c1-9(8-13(2,15)12(14)16)19-10-4-6-11(7-5-10)20(3,17)18/h4-7,9H,8,15H2,1-3H3,(H2,14,16). The highest BCUT2D eigenvalue weighted by Gasteiger charge is 2.28. The van der Waals surface area contributed by atoms with Gasteiger partial charge in [-0.1, -0.05) is 0 Å². The van der Waals surface area contributed by atoms with Crippen LogP contribution in [0.2, 0.25) is 0 Å². The van der Waals surface area contributed by atoms with E-state index in [-0.39, 0.29) is 17.4 Å². The third-order valence-electron chi connectivity index (χ3n) is 2.86. The predicted octanol–water partition coefficient (Wildman–Crippen LogP) is 0.450. The van der Waals surface area contributed by atoms with Crippen LogP contribution in [-0.2, 0) is 14.6 Å². The second-order valence-corrected chi connectivity index (χ2v) is 7.17. The zero-order valence-electron chi connectivity index (χ0n) is 11.8. The van der Waals surface area contributed by atoms with Gasteiger partial charge in [0.2, 0.25) is 5.91 Å². The van der Waals surface area contributed by atoms with Crippen LogP contribution in [0.15, 0.2) is 29.2 Å². The highest BCUT2D eigenvalue weighted by Crippen LogP contribution is 2.19. The van der Waals surface area contributed by atoms with E-state index in [9.17, 15) is 13.2 Å². The van der Waals surface area contributed by atoms with Crippen LogP contribution in [-0.4, -0.2) is 32.2 Å². The molecule has 7 heteroatoms. The molecule has 0 aliphatic carbocycles. The number of carbonyl (C=O) groups excluding carboxylic acids is 1. The van der Waals surface area contributed by atoms with Gasteiger partial charge in [0.1, 0.15) is 5.75 Å². The van der Waals surface area contributed by atoms with Crippen molar-refractivity contribution in [2.24, 2.45) is 11.5 Å². The average Bonchev–Trinajstić information content (AvgIpc) is 2.27. The van der Waals surface area contributed by atoms with Crippen molar-refractivity contribution in [3.05, 3.63) is 24.3 Å². The van der Waals surface area contributed by atoms with Gasteiger partial charge in [-0.2, -0.15) is 0 Å². The van der Waals surface area contributed by atoms with Crippen LogP contribution in [0.5, 0.6) is 5.75 Å². The maximum Gasteiger partial charge on any atom is 0.237 e. The number of rotatable bonds is 6. The van der Waals surface area contributed by atoms with E-state index < -0.39 is 21.3 Å². The second-order valence-electron chi connectivity index (χ2n) is 5.16. The zero-order valence-corrected chi connectivity index (χ0v) is 12.6. The summed E-state index contributed by atoms with van der Waals surface area (Å²) in [6, 6.07) is 6.05. The molecule has 6 nitrogen and oxygen atoms in total. The van der Waals surface area contributed by atoms with E-state index >= 15 is 0 Å². The summed E-state index contributed by atoms with van der Waals surface area (Å²) < 4.78 is 28.2. The molecule has 1 aromatic rings. The molecule has 112 valence electrons. The van der Waals surface area contributed by atoms with Crippen LogP contribution in [0.3, 0.4) is 0 Å². The minimum absolute atomic E-state index is 0.221. The van der Waals surface area contributed by atoms with Crippen molar-refractivity contribution in [3.63, 3.8) is 0 Å². The molecular formula is C13H20N2O4S. The Kier molecular flexibility index (Phi) is 4.77. The van der Waals surface area contributed by atoms with Gasteiger partial charge in [-0.15, -0.1) is 0 Å². The number of hydrogen-bond acceptors (Lipinski definition) is 5. The summed E-state index contributed by atoms with van der Waals surface area (Å²) in [5.41, 5.74) is 9.81. The molecular weight excluding hydrogens is 280 g/mol. The lowest BCUT2D eigenvalue weighted by molar-refractivity contribution is -0.123. The Morgan fingerprint density at radius 2 is 1.85 bits per heavy atom. The molecule has 4 N–H and O–H groups in total. The van der Waals surface area contributed by atoms with Crippen LogP contribution in [0, 0.1) is 0 Å². The number of sulfone groups is 1. The van der Waals surface area contributed by atoms with E-state index in [0.29, 0.717) is 5.75 Å². The van der Waals surface area contributed by atoms with Gasteiger partial charge < -0.3 is 16.2 Å². The first-order chi connectivity index (χ1) is 9.02. The summed E-state index contributed by atoms with van der Waals surface area (Å²) >= 11 is 0. The molecule has 1 rings (SSSR count). The zero-order chi connectivity index (χ0) is 15.6. The third-order valence-corrected chi connectivity index (χ3v) is 3.99. The summed E-state index contributed by atoms with van der Waals surface area (Å²) in [5.74, 6) is -0.0921. The Morgan fingerprint density at radius 3 is 2.25 bits per heavy atom. The van der Waals surface area contributed by atoms with Crippen LogP contribution >= 0.6 is 0 Å². The molecule has 0 aliphatic rings. The van der Waals surface area contributed by atoms with Gasteiger partial charge in [-0.25, -0.2) is 8.42 Å². The van der Waals surface area contributed by atoms with Gasteiger partial charge in [-0.3, -0.25) is 4.79 Å². The third kappa shape index (κ3) is 4.50. The van der Waals surface area contributed by atoms with Gasteiger partial charge in [0, 0.05) is 12.7 Å². The molecule has 0 fully saturated rings. The topological polar surface area (TPSA) is 112 Å². The first-order valence-corrected chi connectivity index (χ1v) is 7.97. The Morgan fingerprint density at radius 1 is 1.35 bits per heavy atom. The Bertz CT molecular complexity index is 579. The van der Waals surface area contributed by atoms with Crippen molar-refractivity contribution >= 4 is 15.7 Å². The Hall–Kier alpha value is -1.60. The largest absolute Gasteiger partial charge is 0.491 e. The number of benzene rings is 1. The molecule has 2 atom stereocenters. The molecule has 1 amide bonds. The number of primary amides is 1. The van der Waals surface area contributed by atoms with E-state index in [1.54, 1.807) is 26.0 Å². The SMILES string of the molecule is CC(CC(C)(N)C(N)=O)Oc1ccc(S(C)(=O)=O)cc1. The van der Waals surface area contributed by atoms with Crippen LogP contribution < -0.4 is 16.2 Å². The Labute approximate surface area is 119 Å². The van der Waals surface area contributed by atoms with Crippen molar-refractivity contribution < 1.29 is 17.9 Å². The van der Waals surface area contributed by atoms with Gasteiger partial charge >= 0.3 is 0 Å². The van der Waals surface area contributed by atoms with Crippen LogP contribution in [0.4, 0.5) is 0 Å². The molecule has 0 bridgehead atoms. The second kappa shape index (κ2) is 5.80. The molecule has 2 unspecified atom stereocenters. The number of hydrogen-bond donors (Lipinski definition) is 2. The summed E-state index contributed by atoms with van der Waals surface area (Å²) in [7, 11) is -3.22. The van der Waals surface area contributed by atoms with Crippen molar-refractivity contribution in [2.75, 3.05) is 6.26 Å². The van der Waals surface area contributed by atoms with Gasteiger partial charge in [0.05, 0.1) is 16.5 Å². The number of amides is 1. The molecule has 0 saturated carbocycles. The summed E-state index contributed by atoms with van der Waals surface area (Å²) in [4.78, 5) is 11.4. The van der Waals surface area contributed by atoms with E-state index in [2.05, 4.69) is 0 Å². The lowest BCUT2D eigenvalue weighted by atomic mass is 9.95. The highest BCUT2D eigenvalue weighted by molar-refractivity contribution is 7.90. The monoisotopic (exact) mass is 300 g/mol. The van der Waals surface area contributed by atoms with Gasteiger partial charge in [0.15, 0.2) is 9.84 Å². The minimum Gasteiger partial charge on any atom is -0.491 e. The average molecular weight is 300 g/mol. The first kappa shape index (κ1) is 16.5. The first-order valence-electron chi connectivity index (χ1n) is 6.08. The van der Waals surface area contributed by atoms with Crippen molar-refractivity contribution in [2.45, 2.75) is 36.8 Å². The molecule has 0 aromatic heterocycles. The Balaban J connectivity index is 2.72. The van der Waals surface area contributed by atoms with E-state index in [1.165, 1.54) is 12.1 Å². The van der Waals surface area contributed by atoms with Crippen LogP contribution in [0.1, 0.15) is 20.3 Å². The fourth-order valence-corrected chi connectivity index (χ4v) is 2.37. The lowest BCUT2D eigenvalue weighted by Gasteiger charge is -2.25. The summed E-state index contributed by atoms with van der Waals surface area (Å²) in [6.45, 7) is 3.31. The fraction of sp³-hybridized carbons (Fsp3) is 0.462. The maximum absolute atomic E-state index is 11.3. The van der Waals surface area contributed by atoms with Crippen LogP contribution in [0.25, 0.3) is 0 Å². The molecule has 1 aromatic carbocycles. The molecule has 0 spiro atoms. The lowest BCUT2D eigenvalue weighted by Crippen LogP contribution is -2.51. The predicted molar refractivity (Wildman–Crippen MR) is 76.0 cm³/mol. The quantitative estimate of drug-likeness (QED) is 0.792. The highest BCUT2D eigenvalue weighted by atomic mass is 32.2. The summed E-state index contributed by atoms with van der Waals surface area (Å²) in [5, 5.41) is 0. The smallest absolute Gasteiger partial charge is 0.237 e. The minimum atomic E-state index is -3.22. The van der Waals surface area contributed by atoms with E-state index in [1.807, 2.05) is 0 Å². The molecule has 20 heavy (non-hydrogen) atoms. The van der Waals surface area contributed by atoms with Crippen molar-refractivity contribution in [1.82, 2.24) is 0 Å².